The molecule has 2 amide bonds. The topological polar surface area (TPSA) is 48.7 Å². The Morgan fingerprint density at radius 2 is 2.42 bits per heavy atom. The van der Waals surface area contributed by atoms with Crippen LogP contribution < -0.4 is 5.32 Å². The molecular formula is C14H23N3O2. The lowest BCUT2D eigenvalue weighted by atomic mass is 10.1. The molecule has 5 heteroatoms. The van der Waals surface area contributed by atoms with Gasteiger partial charge in [-0.2, -0.15) is 0 Å². The average molecular weight is 265 g/mol. The van der Waals surface area contributed by atoms with Crippen LogP contribution >= 0.6 is 0 Å². The van der Waals surface area contributed by atoms with E-state index < -0.39 is 0 Å². The number of nitrogens with one attached hydrogen (secondary N) is 1. The fraction of sp³-hybridized carbons (Fsp3) is 0.643. The Kier molecular flexibility index (Phi) is 4.47. The minimum atomic E-state index is -0.0876. The summed E-state index contributed by atoms with van der Waals surface area (Å²) in [5, 5.41) is 2.98. The number of carbonyl (C=O) groups excluding carboxylic acids is 1. The van der Waals surface area contributed by atoms with Crippen molar-refractivity contribution in [2.45, 2.75) is 19.4 Å². The number of hydrogen-bond donors (Lipinski definition) is 1. The maximum Gasteiger partial charge on any atom is 0.317 e. The zero-order chi connectivity index (χ0) is 13.8. The normalized spacial score (nSPS) is 20.8. The fourth-order valence-corrected chi connectivity index (χ4v) is 2.57. The Morgan fingerprint density at radius 3 is 3.05 bits per heavy atom. The monoisotopic (exact) mass is 265 g/mol. The molecular weight excluding hydrogens is 242 g/mol. The molecule has 1 aliphatic rings. The van der Waals surface area contributed by atoms with Crippen LogP contribution in [0.1, 0.15) is 25.1 Å². The van der Waals surface area contributed by atoms with E-state index in [4.69, 9.17) is 4.42 Å². The number of nitrogens with zero attached hydrogens (tertiary/aromatic N) is 2. The van der Waals surface area contributed by atoms with Crippen molar-refractivity contribution in [1.29, 1.82) is 0 Å². The summed E-state index contributed by atoms with van der Waals surface area (Å²) in [4.78, 5) is 16.2. The Bertz CT molecular complexity index is 403. The van der Waals surface area contributed by atoms with Crippen LogP contribution in [-0.4, -0.2) is 49.6 Å². The lowest BCUT2D eigenvalue weighted by Gasteiger charge is -2.21. The third-order valence-corrected chi connectivity index (χ3v) is 3.51. The number of furan rings is 1. The van der Waals surface area contributed by atoms with Gasteiger partial charge in [0.05, 0.1) is 12.3 Å². The van der Waals surface area contributed by atoms with Gasteiger partial charge in [-0.25, -0.2) is 4.79 Å². The standard InChI is InChI=1S/C14H23N3O2/c1-11(13-5-4-8-19-13)15-14(18)17-7-6-12(10-17)9-16(2)3/h4-5,8,11-12H,6-7,9-10H2,1-3H3,(H,15,18). The summed E-state index contributed by atoms with van der Waals surface area (Å²) >= 11 is 0. The van der Waals surface area contributed by atoms with E-state index in [2.05, 4.69) is 24.3 Å². The highest BCUT2D eigenvalue weighted by molar-refractivity contribution is 5.74. The van der Waals surface area contributed by atoms with Crippen LogP contribution in [0.4, 0.5) is 4.79 Å². The maximum absolute atomic E-state index is 12.1. The molecule has 1 saturated heterocycles. The summed E-state index contributed by atoms with van der Waals surface area (Å²) in [5.74, 6) is 1.37. The van der Waals surface area contributed by atoms with E-state index >= 15 is 0 Å². The first-order valence-electron chi connectivity index (χ1n) is 6.80. The molecule has 0 aromatic carbocycles. The highest BCUT2D eigenvalue weighted by atomic mass is 16.3. The van der Waals surface area contributed by atoms with Crippen molar-refractivity contribution in [3.63, 3.8) is 0 Å². The van der Waals surface area contributed by atoms with Gasteiger partial charge in [0.1, 0.15) is 5.76 Å². The zero-order valence-electron chi connectivity index (χ0n) is 11.9. The smallest absolute Gasteiger partial charge is 0.317 e. The Morgan fingerprint density at radius 1 is 1.63 bits per heavy atom. The highest BCUT2D eigenvalue weighted by Gasteiger charge is 2.27. The van der Waals surface area contributed by atoms with E-state index in [1.54, 1.807) is 6.26 Å². The van der Waals surface area contributed by atoms with Crippen LogP contribution in [0, 0.1) is 5.92 Å². The Labute approximate surface area is 114 Å². The number of hydrogen-bond acceptors (Lipinski definition) is 3. The molecule has 1 aliphatic heterocycles. The van der Waals surface area contributed by atoms with Crippen LogP contribution in [0.3, 0.4) is 0 Å². The molecule has 19 heavy (non-hydrogen) atoms. The summed E-state index contributed by atoms with van der Waals surface area (Å²) < 4.78 is 5.29. The third kappa shape index (κ3) is 3.73. The van der Waals surface area contributed by atoms with Gasteiger partial charge in [0, 0.05) is 19.6 Å². The van der Waals surface area contributed by atoms with E-state index in [-0.39, 0.29) is 12.1 Å². The first-order valence-corrected chi connectivity index (χ1v) is 6.80. The largest absolute Gasteiger partial charge is 0.467 e. The molecule has 1 N–H and O–H groups in total. The average Bonchev–Trinajstić information content (AvgIpc) is 2.97. The summed E-state index contributed by atoms with van der Waals surface area (Å²) in [5.41, 5.74) is 0. The summed E-state index contributed by atoms with van der Waals surface area (Å²) in [6.07, 6.45) is 2.71. The third-order valence-electron chi connectivity index (χ3n) is 3.51. The number of rotatable bonds is 4. The van der Waals surface area contributed by atoms with Crippen LogP contribution in [-0.2, 0) is 0 Å². The Balaban J connectivity index is 1.81. The van der Waals surface area contributed by atoms with Crippen molar-refractivity contribution in [3.8, 4) is 0 Å². The molecule has 0 aliphatic carbocycles. The lowest BCUT2D eigenvalue weighted by molar-refractivity contribution is 0.200. The van der Waals surface area contributed by atoms with Crippen LogP contribution in [0.25, 0.3) is 0 Å². The van der Waals surface area contributed by atoms with E-state index in [9.17, 15) is 4.79 Å². The second-order valence-electron chi connectivity index (χ2n) is 5.55. The molecule has 2 unspecified atom stereocenters. The van der Waals surface area contributed by atoms with Crippen LogP contribution in [0.15, 0.2) is 22.8 Å². The first kappa shape index (κ1) is 13.9. The first-order chi connectivity index (χ1) is 9.06. The van der Waals surface area contributed by atoms with Gasteiger partial charge in [0.2, 0.25) is 0 Å². The molecule has 0 saturated carbocycles. The zero-order valence-corrected chi connectivity index (χ0v) is 11.9. The van der Waals surface area contributed by atoms with E-state index in [1.807, 2.05) is 24.0 Å². The van der Waals surface area contributed by atoms with Gasteiger partial charge >= 0.3 is 6.03 Å². The quantitative estimate of drug-likeness (QED) is 0.905. The minimum Gasteiger partial charge on any atom is -0.467 e. The van der Waals surface area contributed by atoms with Crippen molar-refractivity contribution < 1.29 is 9.21 Å². The SMILES string of the molecule is CC(NC(=O)N1CCC(CN(C)C)C1)c1ccco1. The highest BCUT2D eigenvalue weighted by Crippen LogP contribution is 2.18. The molecule has 106 valence electrons. The molecule has 1 aromatic rings. The van der Waals surface area contributed by atoms with Gasteiger partial charge in [0.25, 0.3) is 0 Å². The maximum atomic E-state index is 12.1. The summed E-state index contributed by atoms with van der Waals surface area (Å²) in [7, 11) is 4.14. The molecule has 5 nitrogen and oxygen atoms in total. The summed E-state index contributed by atoms with van der Waals surface area (Å²) in [6.45, 7) is 4.66. The second kappa shape index (κ2) is 6.10. The fourth-order valence-electron chi connectivity index (χ4n) is 2.57. The second-order valence-corrected chi connectivity index (χ2v) is 5.55. The Hall–Kier alpha value is -1.49. The van der Waals surface area contributed by atoms with E-state index in [1.165, 1.54) is 0 Å². The molecule has 0 spiro atoms. The predicted octanol–water partition coefficient (Wildman–Crippen LogP) is 1.93. The van der Waals surface area contributed by atoms with Gasteiger partial charge in [0.15, 0.2) is 0 Å². The van der Waals surface area contributed by atoms with Gasteiger partial charge < -0.3 is 19.5 Å². The molecule has 1 aromatic heterocycles. The molecule has 1 fully saturated rings. The van der Waals surface area contributed by atoms with Gasteiger partial charge in [-0.15, -0.1) is 0 Å². The summed E-state index contributed by atoms with van der Waals surface area (Å²) in [6, 6.07) is 3.63. The van der Waals surface area contributed by atoms with Crippen molar-refractivity contribution in [1.82, 2.24) is 15.1 Å². The van der Waals surface area contributed by atoms with Crippen molar-refractivity contribution in [3.05, 3.63) is 24.2 Å². The van der Waals surface area contributed by atoms with Crippen LogP contribution in [0.2, 0.25) is 0 Å². The number of urea groups is 1. The number of carbonyl (C=O) groups is 1. The predicted molar refractivity (Wildman–Crippen MR) is 73.9 cm³/mol. The number of likely N-dealkylation sites (tertiary alicyclic amines) is 1. The molecule has 0 radical (unpaired) electrons. The van der Waals surface area contributed by atoms with Crippen molar-refractivity contribution >= 4 is 6.03 Å². The van der Waals surface area contributed by atoms with Gasteiger partial charge in [-0.05, 0) is 45.5 Å². The van der Waals surface area contributed by atoms with Gasteiger partial charge in [-0.1, -0.05) is 0 Å². The van der Waals surface area contributed by atoms with Crippen molar-refractivity contribution in [2.75, 3.05) is 33.7 Å². The molecule has 2 heterocycles. The van der Waals surface area contributed by atoms with Crippen LogP contribution in [0.5, 0.6) is 0 Å². The van der Waals surface area contributed by atoms with Crippen molar-refractivity contribution in [2.24, 2.45) is 5.92 Å². The molecule has 2 atom stereocenters. The lowest BCUT2D eigenvalue weighted by Crippen LogP contribution is -2.40. The van der Waals surface area contributed by atoms with Gasteiger partial charge in [-0.3, -0.25) is 0 Å². The van der Waals surface area contributed by atoms with E-state index in [0.29, 0.717) is 5.92 Å². The van der Waals surface area contributed by atoms with E-state index in [0.717, 1.165) is 31.8 Å². The number of amides is 2. The molecule has 0 bridgehead atoms. The minimum absolute atomic E-state index is 0.00477. The molecule has 2 rings (SSSR count).